The molecule has 0 saturated carbocycles. The van der Waals surface area contributed by atoms with E-state index in [4.69, 9.17) is 0 Å². The number of carbonyl (C=O) groups is 3. The second-order valence-corrected chi connectivity index (χ2v) is 6.07. The lowest BCUT2D eigenvalue weighted by Crippen LogP contribution is -2.36. The quantitative estimate of drug-likeness (QED) is 0.871. The Kier molecular flexibility index (Phi) is 4.60. The maximum absolute atomic E-state index is 12.3. The van der Waals surface area contributed by atoms with E-state index >= 15 is 0 Å². The topological polar surface area (TPSA) is 78.5 Å². The summed E-state index contributed by atoms with van der Waals surface area (Å²) >= 11 is 0. The number of nitrogens with zero attached hydrogens (tertiary/aromatic N) is 1. The standard InChI is InChI=1S/C17H21N3O3/c21-15-7-9-20(10-8-18-15)16(22)6-5-13-11-12-3-1-2-4-14(12)19-17(13)23/h1-4,13H,5-11H2,(H,18,21)(H,19,23)/t13-/m1/s1. The molecule has 2 aliphatic rings. The third kappa shape index (κ3) is 3.70. The molecular weight excluding hydrogens is 294 g/mol. The van der Waals surface area contributed by atoms with E-state index in [2.05, 4.69) is 10.6 Å². The van der Waals surface area contributed by atoms with Crippen LogP contribution in [0.3, 0.4) is 0 Å². The highest BCUT2D eigenvalue weighted by Gasteiger charge is 2.27. The van der Waals surface area contributed by atoms with Crippen molar-refractivity contribution in [1.29, 1.82) is 0 Å². The molecule has 1 fully saturated rings. The zero-order chi connectivity index (χ0) is 16.2. The minimum atomic E-state index is -0.166. The van der Waals surface area contributed by atoms with Crippen molar-refractivity contribution in [2.45, 2.75) is 25.7 Å². The van der Waals surface area contributed by atoms with Crippen LogP contribution in [0.15, 0.2) is 24.3 Å². The Bertz CT molecular complexity index is 629. The van der Waals surface area contributed by atoms with E-state index in [9.17, 15) is 14.4 Å². The average Bonchev–Trinajstić information content (AvgIpc) is 2.77. The highest BCUT2D eigenvalue weighted by molar-refractivity contribution is 5.96. The van der Waals surface area contributed by atoms with Crippen LogP contribution in [0, 0.1) is 5.92 Å². The lowest BCUT2D eigenvalue weighted by Gasteiger charge is -2.25. The number of fused-ring (bicyclic) bond motifs is 1. The monoisotopic (exact) mass is 315 g/mol. The Morgan fingerprint density at radius 3 is 2.91 bits per heavy atom. The van der Waals surface area contributed by atoms with Gasteiger partial charge in [0.2, 0.25) is 17.7 Å². The molecule has 3 rings (SSSR count). The van der Waals surface area contributed by atoms with Crippen LogP contribution in [0.2, 0.25) is 0 Å². The summed E-state index contributed by atoms with van der Waals surface area (Å²) in [6.45, 7) is 1.51. The molecule has 1 aromatic carbocycles. The summed E-state index contributed by atoms with van der Waals surface area (Å²) in [5.74, 6) is -0.165. The molecule has 0 bridgehead atoms. The second kappa shape index (κ2) is 6.81. The Labute approximate surface area is 135 Å². The van der Waals surface area contributed by atoms with Crippen LogP contribution in [0.4, 0.5) is 5.69 Å². The first-order valence-electron chi connectivity index (χ1n) is 8.07. The number of hydrogen-bond donors (Lipinski definition) is 2. The van der Waals surface area contributed by atoms with Crippen molar-refractivity contribution in [3.05, 3.63) is 29.8 Å². The maximum atomic E-state index is 12.3. The minimum absolute atomic E-state index is 0.00999. The number of amides is 3. The molecule has 122 valence electrons. The number of nitrogens with one attached hydrogen (secondary N) is 2. The first-order chi connectivity index (χ1) is 11.1. The predicted molar refractivity (Wildman–Crippen MR) is 85.7 cm³/mol. The molecule has 2 N–H and O–H groups in total. The van der Waals surface area contributed by atoms with Crippen LogP contribution < -0.4 is 10.6 Å². The summed E-state index contributed by atoms with van der Waals surface area (Å²) in [7, 11) is 0. The summed E-state index contributed by atoms with van der Waals surface area (Å²) in [6, 6.07) is 7.77. The molecule has 3 amide bonds. The molecule has 2 aliphatic heterocycles. The zero-order valence-electron chi connectivity index (χ0n) is 13.0. The Morgan fingerprint density at radius 2 is 2.04 bits per heavy atom. The molecule has 0 aromatic heterocycles. The summed E-state index contributed by atoms with van der Waals surface area (Å²) in [5, 5.41) is 5.67. The van der Waals surface area contributed by atoms with Crippen LogP contribution in [0.25, 0.3) is 0 Å². The molecule has 1 saturated heterocycles. The van der Waals surface area contributed by atoms with Gasteiger partial charge in [0.1, 0.15) is 0 Å². The number of rotatable bonds is 3. The van der Waals surface area contributed by atoms with Crippen molar-refractivity contribution < 1.29 is 14.4 Å². The molecule has 23 heavy (non-hydrogen) atoms. The molecule has 0 spiro atoms. The minimum Gasteiger partial charge on any atom is -0.354 e. The lowest BCUT2D eigenvalue weighted by molar-refractivity contribution is -0.131. The zero-order valence-corrected chi connectivity index (χ0v) is 13.0. The Balaban J connectivity index is 1.55. The van der Waals surface area contributed by atoms with E-state index in [-0.39, 0.29) is 23.6 Å². The first kappa shape index (κ1) is 15.5. The van der Waals surface area contributed by atoms with Gasteiger partial charge < -0.3 is 15.5 Å². The van der Waals surface area contributed by atoms with Crippen molar-refractivity contribution in [2.75, 3.05) is 25.0 Å². The van der Waals surface area contributed by atoms with E-state index in [1.165, 1.54) is 0 Å². The van der Waals surface area contributed by atoms with Gasteiger partial charge in [-0.25, -0.2) is 0 Å². The van der Waals surface area contributed by atoms with Gasteiger partial charge in [-0.3, -0.25) is 14.4 Å². The van der Waals surface area contributed by atoms with Crippen LogP contribution >= 0.6 is 0 Å². The summed E-state index contributed by atoms with van der Waals surface area (Å²) in [5.41, 5.74) is 1.99. The SMILES string of the molecule is O=C1CCN(C(=O)CC[C@@H]2Cc3ccccc3NC2=O)CCN1. The van der Waals surface area contributed by atoms with E-state index in [0.717, 1.165) is 11.3 Å². The fourth-order valence-electron chi connectivity index (χ4n) is 3.12. The molecule has 6 nitrogen and oxygen atoms in total. The molecular formula is C17H21N3O3. The highest BCUT2D eigenvalue weighted by Crippen LogP contribution is 2.27. The van der Waals surface area contributed by atoms with Crippen LogP contribution in [-0.2, 0) is 20.8 Å². The third-order valence-electron chi connectivity index (χ3n) is 4.48. The van der Waals surface area contributed by atoms with Gasteiger partial charge in [0, 0.05) is 44.1 Å². The Morgan fingerprint density at radius 1 is 1.22 bits per heavy atom. The fourth-order valence-corrected chi connectivity index (χ4v) is 3.12. The molecule has 1 aromatic rings. The summed E-state index contributed by atoms with van der Waals surface area (Å²) < 4.78 is 0. The normalized spacial score (nSPS) is 21.0. The van der Waals surface area contributed by atoms with E-state index < -0.39 is 0 Å². The highest BCUT2D eigenvalue weighted by atomic mass is 16.2. The van der Waals surface area contributed by atoms with Crippen molar-refractivity contribution in [3.63, 3.8) is 0 Å². The average molecular weight is 315 g/mol. The molecule has 1 atom stereocenters. The van der Waals surface area contributed by atoms with Gasteiger partial charge in [0.25, 0.3) is 0 Å². The van der Waals surface area contributed by atoms with Gasteiger partial charge in [-0.2, -0.15) is 0 Å². The van der Waals surface area contributed by atoms with E-state index in [0.29, 0.717) is 45.3 Å². The number of benzene rings is 1. The lowest BCUT2D eigenvalue weighted by atomic mass is 9.89. The summed E-state index contributed by atoms with van der Waals surface area (Å²) in [6.07, 6.45) is 1.91. The van der Waals surface area contributed by atoms with Crippen molar-refractivity contribution in [1.82, 2.24) is 10.2 Å². The predicted octanol–water partition coefficient (Wildman–Crippen LogP) is 0.926. The van der Waals surface area contributed by atoms with Crippen molar-refractivity contribution in [3.8, 4) is 0 Å². The number of hydrogen-bond acceptors (Lipinski definition) is 3. The first-order valence-corrected chi connectivity index (χ1v) is 8.07. The van der Waals surface area contributed by atoms with E-state index in [1.54, 1.807) is 4.90 Å². The summed E-state index contributed by atoms with van der Waals surface area (Å²) in [4.78, 5) is 37.5. The van der Waals surface area contributed by atoms with Crippen LogP contribution in [0.1, 0.15) is 24.8 Å². The van der Waals surface area contributed by atoms with Gasteiger partial charge in [0.05, 0.1) is 0 Å². The molecule has 6 heteroatoms. The van der Waals surface area contributed by atoms with Gasteiger partial charge >= 0.3 is 0 Å². The van der Waals surface area contributed by atoms with E-state index in [1.807, 2.05) is 24.3 Å². The van der Waals surface area contributed by atoms with Crippen LogP contribution in [-0.4, -0.2) is 42.3 Å². The van der Waals surface area contributed by atoms with Crippen molar-refractivity contribution in [2.24, 2.45) is 5.92 Å². The van der Waals surface area contributed by atoms with Crippen molar-refractivity contribution >= 4 is 23.4 Å². The van der Waals surface area contributed by atoms with Gasteiger partial charge in [-0.05, 0) is 24.5 Å². The smallest absolute Gasteiger partial charge is 0.227 e. The Hall–Kier alpha value is -2.37. The van der Waals surface area contributed by atoms with Crippen LogP contribution in [0.5, 0.6) is 0 Å². The molecule has 0 aliphatic carbocycles. The molecule has 0 unspecified atom stereocenters. The van der Waals surface area contributed by atoms with Gasteiger partial charge in [-0.15, -0.1) is 0 Å². The molecule has 0 radical (unpaired) electrons. The number of para-hydroxylation sites is 1. The van der Waals surface area contributed by atoms with Gasteiger partial charge in [-0.1, -0.05) is 18.2 Å². The van der Waals surface area contributed by atoms with Gasteiger partial charge in [0.15, 0.2) is 0 Å². The second-order valence-electron chi connectivity index (χ2n) is 6.07. The fraction of sp³-hybridized carbons (Fsp3) is 0.471. The third-order valence-corrected chi connectivity index (χ3v) is 4.48. The maximum Gasteiger partial charge on any atom is 0.227 e. The number of carbonyl (C=O) groups excluding carboxylic acids is 3. The largest absolute Gasteiger partial charge is 0.354 e. The number of anilines is 1. The molecule has 2 heterocycles.